The van der Waals surface area contributed by atoms with E-state index in [0.29, 0.717) is 27.8 Å². The number of hydrogen-bond acceptors (Lipinski definition) is 5. The van der Waals surface area contributed by atoms with Crippen LogP contribution in [-0.4, -0.2) is 31.4 Å². The number of fused-ring (bicyclic) bond motifs is 1. The number of amides is 2. The van der Waals surface area contributed by atoms with Gasteiger partial charge in [0.25, 0.3) is 5.91 Å². The van der Waals surface area contributed by atoms with Crippen LogP contribution >= 0.6 is 11.6 Å². The first-order chi connectivity index (χ1) is 14.7. The Kier molecular flexibility index (Phi) is 6.65. The van der Waals surface area contributed by atoms with Crippen molar-refractivity contribution in [1.82, 2.24) is 0 Å². The minimum absolute atomic E-state index is 0.0897. The topological polar surface area (TPSA) is 87.7 Å². The molecule has 2 amide bonds. The number of halogens is 1. The van der Waals surface area contributed by atoms with E-state index in [1.807, 2.05) is 39.0 Å². The van der Waals surface area contributed by atoms with Crippen molar-refractivity contribution in [2.24, 2.45) is 0 Å². The number of rotatable bonds is 5. The molecule has 0 radical (unpaired) electrons. The molecule has 1 aliphatic heterocycles. The predicted molar refractivity (Wildman–Crippen MR) is 121 cm³/mol. The summed E-state index contributed by atoms with van der Waals surface area (Å²) in [5.41, 5.74) is 5.00. The number of hydrogen-bond donors (Lipinski definition) is 2. The number of carbonyl (C=O) groups excluding carboxylic acids is 3. The molecule has 8 heteroatoms. The second-order valence-electron chi connectivity index (χ2n) is 7.46. The third-order valence-electron chi connectivity index (χ3n) is 5.02. The highest BCUT2D eigenvalue weighted by atomic mass is 35.5. The Bertz CT molecular complexity index is 1090. The van der Waals surface area contributed by atoms with Crippen LogP contribution in [0.3, 0.4) is 0 Å². The summed E-state index contributed by atoms with van der Waals surface area (Å²) in [6.45, 7) is 5.56. The Balaban J connectivity index is 1.92. The van der Waals surface area contributed by atoms with E-state index < -0.39 is 17.8 Å². The molecule has 2 aromatic carbocycles. The number of nitrogens with zero attached hydrogens (tertiary/aromatic N) is 1. The summed E-state index contributed by atoms with van der Waals surface area (Å²) in [6, 6.07) is 9.04. The zero-order chi connectivity index (χ0) is 22.7. The molecule has 0 saturated carbocycles. The van der Waals surface area contributed by atoms with E-state index >= 15 is 0 Å². The predicted octanol–water partition coefficient (Wildman–Crippen LogP) is 4.11. The maximum absolute atomic E-state index is 13.0. The third kappa shape index (κ3) is 5.24. The van der Waals surface area contributed by atoms with Gasteiger partial charge in [-0.25, -0.2) is 0 Å². The standard InChI is InChI=1S/C23H24ClN3O4/c1-13-5-6-18(17(24)7-13)26-21(28)12-27-20-9-15(3)14(2)8-19(20)25-16(10-22(27)29)11-23(30)31-4/h5-10,25H,11-12H2,1-4H3,(H,26,28). The number of anilines is 3. The van der Waals surface area contributed by atoms with Crippen LogP contribution in [-0.2, 0) is 19.1 Å². The summed E-state index contributed by atoms with van der Waals surface area (Å²) in [4.78, 5) is 38.9. The molecule has 162 valence electrons. The van der Waals surface area contributed by atoms with Gasteiger partial charge in [-0.1, -0.05) is 17.7 Å². The fourth-order valence-electron chi connectivity index (χ4n) is 3.22. The van der Waals surface area contributed by atoms with Gasteiger partial charge in [0.1, 0.15) is 6.54 Å². The quantitative estimate of drug-likeness (QED) is 0.682. The highest BCUT2D eigenvalue weighted by Gasteiger charge is 2.26. The Hall–Kier alpha value is -3.32. The molecule has 1 heterocycles. The zero-order valence-electron chi connectivity index (χ0n) is 17.8. The van der Waals surface area contributed by atoms with Crippen molar-refractivity contribution < 1.29 is 19.1 Å². The van der Waals surface area contributed by atoms with Crippen molar-refractivity contribution in [3.63, 3.8) is 0 Å². The second kappa shape index (κ2) is 9.22. The van der Waals surface area contributed by atoms with Crippen molar-refractivity contribution in [3.8, 4) is 0 Å². The number of benzene rings is 2. The molecular weight excluding hydrogens is 418 g/mol. The lowest BCUT2D eigenvalue weighted by molar-refractivity contribution is -0.139. The average molecular weight is 442 g/mol. The van der Waals surface area contributed by atoms with Crippen LogP contribution in [0.25, 0.3) is 0 Å². The summed E-state index contributed by atoms with van der Waals surface area (Å²) in [5.74, 6) is -1.29. The molecule has 2 aromatic rings. The van der Waals surface area contributed by atoms with E-state index in [1.54, 1.807) is 12.1 Å². The number of esters is 1. The normalized spacial score (nSPS) is 13.0. The second-order valence-corrected chi connectivity index (χ2v) is 7.86. The Morgan fingerprint density at radius 3 is 2.52 bits per heavy atom. The van der Waals surface area contributed by atoms with Gasteiger partial charge in [-0.15, -0.1) is 0 Å². The van der Waals surface area contributed by atoms with Crippen LogP contribution in [0.1, 0.15) is 23.1 Å². The molecule has 0 atom stereocenters. The van der Waals surface area contributed by atoms with Gasteiger partial charge in [0.15, 0.2) is 0 Å². The van der Waals surface area contributed by atoms with Crippen LogP contribution in [0.2, 0.25) is 5.02 Å². The fourth-order valence-corrected chi connectivity index (χ4v) is 3.50. The minimum atomic E-state index is -0.475. The van der Waals surface area contributed by atoms with Crippen LogP contribution in [0.4, 0.5) is 17.1 Å². The lowest BCUT2D eigenvalue weighted by Crippen LogP contribution is -2.37. The van der Waals surface area contributed by atoms with Crippen LogP contribution < -0.4 is 15.5 Å². The number of aryl methyl sites for hydroxylation is 3. The van der Waals surface area contributed by atoms with Crippen LogP contribution in [0.5, 0.6) is 0 Å². The van der Waals surface area contributed by atoms with Crippen molar-refractivity contribution >= 4 is 46.4 Å². The molecular formula is C23H24ClN3O4. The number of carbonyl (C=O) groups is 3. The lowest BCUT2D eigenvalue weighted by Gasteiger charge is -2.23. The fraction of sp³-hybridized carbons (Fsp3) is 0.261. The monoisotopic (exact) mass is 441 g/mol. The lowest BCUT2D eigenvalue weighted by atomic mass is 10.1. The Morgan fingerprint density at radius 1 is 1.13 bits per heavy atom. The first kappa shape index (κ1) is 22.4. The van der Waals surface area contributed by atoms with E-state index in [4.69, 9.17) is 16.3 Å². The SMILES string of the molecule is COC(=O)CC1=CC(=O)N(CC(=O)Nc2ccc(C)cc2Cl)c2cc(C)c(C)cc2N1. The molecule has 3 rings (SSSR count). The molecule has 0 aromatic heterocycles. The summed E-state index contributed by atoms with van der Waals surface area (Å²) in [6.07, 6.45) is 1.22. The summed E-state index contributed by atoms with van der Waals surface area (Å²) >= 11 is 6.21. The van der Waals surface area contributed by atoms with Crippen LogP contribution in [0, 0.1) is 20.8 Å². The molecule has 0 aliphatic carbocycles. The van der Waals surface area contributed by atoms with Crippen molar-refractivity contribution in [1.29, 1.82) is 0 Å². The molecule has 31 heavy (non-hydrogen) atoms. The van der Waals surface area contributed by atoms with Gasteiger partial charge >= 0.3 is 5.97 Å². The Morgan fingerprint density at radius 2 is 1.84 bits per heavy atom. The van der Waals surface area contributed by atoms with Crippen molar-refractivity contribution in [3.05, 3.63) is 63.8 Å². The summed E-state index contributed by atoms with van der Waals surface area (Å²) < 4.78 is 4.72. The summed E-state index contributed by atoms with van der Waals surface area (Å²) in [5, 5.41) is 6.31. The molecule has 0 unspecified atom stereocenters. The molecule has 0 fully saturated rings. The number of nitrogens with one attached hydrogen (secondary N) is 2. The van der Waals surface area contributed by atoms with E-state index in [1.165, 1.54) is 18.1 Å². The van der Waals surface area contributed by atoms with Gasteiger partial charge in [-0.05, 0) is 61.7 Å². The first-order valence-corrected chi connectivity index (χ1v) is 10.1. The van der Waals surface area contributed by atoms with Crippen LogP contribution in [0.15, 0.2) is 42.1 Å². The van der Waals surface area contributed by atoms with E-state index in [2.05, 4.69) is 10.6 Å². The van der Waals surface area contributed by atoms with Gasteiger partial charge in [-0.3, -0.25) is 19.3 Å². The Labute approximate surface area is 186 Å². The minimum Gasteiger partial charge on any atom is -0.469 e. The number of ether oxygens (including phenoxy) is 1. The molecule has 0 saturated heterocycles. The van der Waals surface area contributed by atoms with Crippen molar-refractivity contribution in [2.45, 2.75) is 27.2 Å². The highest BCUT2D eigenvalue weighted by Crippen LogP contribution is 2.33. The molecule has 2 N–H and O–H groups in total. The maximum Gasteiger partial charge on any atom is 0.311 e. The summed E-state index contributed by atoms with van der Waals surface area (Å²) in [7, 11) is 1.29. The maximum atomic E-state index is 13.0. The molecule has 7 nitrogen and oxygen atoms in total. The molecule has 0 bridgehead atoms. The number of methoxy groups -OCH3 is 1. The van der Waals surface area contributed by atoms with Gasteiger partial charge in [0, 0.05) is 11.8 Å². The smallest absolute Gasteiger partial charge is 0.311 e. The van der Waals surface area contributed by atoms with E-state index in [9.17, 15) is 14.4 Å². The molecule has 0 spiro atoms. The van der Waals surface area contributed by atoms with Gasteiger partial charge in [0.2, 0.25) is 5.91 Å². The third-order valence-corrected chi connectivity index (χ3v) is 5.34. The largest absolute Gasteiger partial charge is 0.469 e. The average Bonchev–Trinajstić information content (AvgIpc) is 2.81. The highest BCUT2D eigenvalue weighted by molar-refractivity contribution is 6.33. The first-order valence-electron chi connectivity index (χ1n) is 9.71. The van der Waals surface area contributed by atoms with Crippen molar-refractivity contribution in [2.75, 3.05) is 29.2 Å². The zero-order valence-corrected chi connectivity index (χ0v) is 18.6. The van der Waals surface area contributed by atoms with Gasteiger partial charge < -0.3 is 15.4 Å². The van der Waals surface area contributed by atoms with Gasteiger partial charge in [0.05, 0.1) is 35.6 Å². The molecule has 1 aliphatic rings. The van der Waals surface area contributed by atoms with E-state index in [0.717, 1.165) is 16.7 Å². The van der Waals surface area contributed by atoms with Gasteiger partial charge in [-0.2, -0.15) is 0 Å². The van der Waals surface area contributed by atoms with E-state index in [-0.39, 0.29) is 13.0 Å².